The quantitative estimate of drug-likeness (QED) is 0.691. The standard InChI is InChI=1S/C14H10F3NO3/c15-14(16,17)13(19)12-4-2-1-3-11(12)9-5-7-10(8-6-9)18(20)21/h1-8,13,19H. The molecule has 0 fully saturated rings. The van der Waals surface area contributed by atoms with Gasteiger partial charge < -0.3 is 5.11 Å². The molecular formula is C14H10F3NO3. The zero-order valence-corrected chi connectivity index (χ0v) is 10.5. The second-order valence-electron chi connectivity index (χ2n) is 4.34. The zero-order valence-electron chi connectivity index (χ0n) is 10.5. The zero-order chi connectivity index (χ0) is 15.6. The minimum Gasteiger partial charge on any atom is -0.379 e. The Morgan fingerprint density at radius 3 is 2.14 bits per heavy atom. The molecule has 0 spiro atoms. The summed E-state index contributed by atoms with van der Waals surface area (Å²) in [5.41, 5.74) is 0.0863. The third-order valence-corrected chi connectivity index (χ3v) is 2.95. The Bertz CT molecular complexity index is 653. The van der Waals surface area contributed by atoms with Gasteiger partial charge in [-0.05, 0) is 28.8 Å². The van der Waals surface area contributed by atoms with Crippen LogP contribution in [-0.2, 0) is 0 Å². The summed E-state index contributed by atoms with van der Waals surface area (Å²) in [5.74, 6) is 0. The van der Waals surface area contributed by atoms with Crippen molar-refractivity contribution >= 4 is 5.69 Å². The SMILES string of the molecule is O=[N+]([O-])c1ccc(-c2ccccc2C(O)C(F)(F)F)cc1. The van der Waals surface area contributed by atoms with Crippen LogP contribution in [0.5, 0.6) is 0 Å². The van der Waals surface area contributed by atoms with Crippen LogP contribution in [0.3, 0.4) is 0 Å². The molecule has 0 bridgehead atoms. The lowest BCUT2D eigenvalue weighted by Crippen LogP contribution is -2.20. The van der Waals surface area contributed by atoms with E-state index in [2.05, 4.69) is 0 Å². The monoisotopic (exact) mass is 297 g/mol. The van der Waals surface area contributed by atoms with Crippen LogP contribution in [0.25, 0.3) is 11.1 Å². The van der Waals surface area contributed by atoms with E-state index in [4.69, 9.17) is 0 Å². The predicted octanol–water partition coefficient (Wildman–Crippen LogP) is 3.86. The van der Waals surface area contributed by atoms with E-state index in [1.54, 1.807) is 0 Å². The summed E-state index contributed by atoms with van der Waals surface area (Å²) in [6.07, 6.45) is -7.39. The second-order valence-corrected chi connectivity index (χ2v) is 4.34. The van der Waals surface area contributed by atoms with Crippen molar-refractivity contribution in [2.45, 2.75) is 12.3 Å². The van der Waals surface area contributed by atoms with Gasteiger partial charge in [0, 0.05) is 12.1 Å². The Kier molecular flexibility index (Phi) is 3.95. The minimum atomic E-state index is -4.78. The number of nitro groups is 1. The molecule has 110 valence electrons. The first-order valence-corrected chi connectivity index (χ1v) is 5.89. The maximum absolute atomic E-state index is 12.7. The van der Waals surface area contributed by atoms with Crippen LogP contribution >= 0.6 is 0 Å². The largest absolute Gasteiger partial charge is 0.418 e. The summed E-state index contributed by atoms with van der Waals surface area (Å²) in [6, 6.07) is 10.6. The molecule has 1 unspecified atom stereocenters. The third-order valence-electron chi connectivity index (χ3n) is 2.95. The van der Waals surface area contributed by atoms with Gasteiger partial charge in [-0.1, -0.05) is 24.3 Å². The normalized spacial score (nSPS) is 13.0. The van der Waals surface area contributed by atoms with Crippen molar-refractivity contribution in [1.82, 2.24) is 0 Å². The summed E-state index contributed by atoms with van der Waals surface area (Å²) in [4.78, 5) is 9.98. The number of aliphatic hydroxyl groups excluding tert-OH is 1. The second kappa shape index (κ2) is 5.53. The van der Waals surface area contributed by atoms with Crippen LogP contribution < -0.4 is 0 Å². The molecule has 2 aromatic carbocycles. The Labute approximate surface area is 117 Å². The fourth-order valence-corrected chi connectivity index (χ4v) is 1.94. The molecule has 0 saturated heterocycles. The maximum Gasteiger partial charge on any atom is 0.418 e. The van der Waals surface area contributed by atoms with E-state index in [9.17, 15) is 28.4 Å². The highest BCUT2D eigenvalue weighted by Gasteiger charge is 2.40. The van der Waals surface area contributed by atoms with E-state index in [0.717, 1.165) is 0 Å². The number of benzene rings is 2. The summed E-state index contributed by atoms with van der Waals surface area (Å²) >= 11 is 0. The first kappa shape index (κ1) is 15.0. The first-order chi connectivity index (χ1) is 9.80. The summed E-state index contributed by atoms with van der Waals surface area (Å²) in [6.45, 7) is 0. The molecule has 7 heteroatoms. The van der Waals surface area contributed by atoms with Gasteiger partial charge in [0.15, 0.2) is 6.10 Å². The molecule has 0 aliphatic carbocycles. The Hall–Kier alpha value is -2.41. The van der Waals surface area contributed by atoms with Crippen LogP contribution in [0.2, 0.25) is 0 Å². The van der Waals surface area contributed by atoms with Crippen molar-refractivity contribution in [3.8, 4) is 11.1 Å². The average molecular weight is 297 g/mol. The topological polar surface area (TPSA) is 63.4 Å². The lowest BCUT2D eigenvalue weighted by atomic mass is 9.96. The van der Waals surface area contributed by atoms with E-state index in [-0.39, 0.29) is 16.8 Å². The van der Waals surface area contributed by atoms with Crippen LogP contribution in [0.1, 0.15) is 11.7 Å². The van der Waals surface area contributed by atoms with Crippen LogP contribution in [0, 0.1) is 10.1 Å². The smallest absolute Gasteiger partial charge is 0.379 e. The third kappa shape index (κ3) is 3.19. The fourth-order valence-electron chi connectivity index (χ4n) is 1.94. The highest BCUT2D eigenvalue weighted by atomic mass is 19.4. The molecule has 0 amide bonds. The Balaban J connectivity index is 2.47. The molecule has 2 aromatic rings. The van der Waals surface area contributed by atoms with Gasteiger partial charge >= 0.3 is 6.18 Å². The summed E-state index contributed by atoms with van der Waals surface area (Å²) < 4.78 is 38.0. The lowest BCUT2D eigenvalue weighted by molar-refractivity contribution is -0.384. The molecule has 1 atom stereocenters. The Morgan fingerprint density at radius 2 is 1.62 bits per heavy atom. The maximum atomic E-state index is 12.7. The molecule has 21 heavy (non-hydrogen) atoms. The van der Waals surface area contributed by atoms with Gasteiger partial charge in [0.25, 0.3) is 5.69 Å². The van der Waals surface area contributed by atoms with Gasteiger partial charge in [-0.25, -0.2) is 0 Å². The molecule has 0 saturated carbocycles. The summed E-state index contributed by atoms with van der Waals surface area (Å²) in [5, 5.41) is 20.0. The highest BCUT2D eigenvalue weighted by molar-refractivity contribution is 5.69. The number of halogens is 3. The molecule has 0 aliphatic rings. The molecule has 0 radical (unpaired) electrons. The van der Waals surface area contributed by atoms with Gasteiger partial charge in [-0.2, -0.15) is 13.2 Å². The predicted molar refractivity (Wildman–Crippen MR) is 69.5 cm³/mol. The van der Waals surface area contributed by atoms with Gasteiger partial charge in [0.2, 0.25) is 0 Å². The molecule has 0 heterocycles. The Morgan fingerprint density at radius 1 is 1.05 bits per heavy atom. The molecule has 4 nitrogen and oxygen atoms in total. The van der Waals surface area contributed by atoms with Gasteiger partial charge in [0.05, 0.1) is 4.92 Å². The number of aliphatic hydroxyl groups is 1. The van der Waals surface area contributed by atoms with E-state index in [1.807, 2.05) is 0 Å². The van der Waals surface area contributed by atoms with Crippen molar-refractivity contribution in [3.05, 3.63) is 64.2 Å². The van der Waals surface area contributed by atoms with Gasteiger partial charge in [0.1, 0.15) is 0 Å². The minimum absolute atomic E-state index is 0.160. The number of hydrogen-bond donors (Lipinski definition) is 1. The number of rotatable bonds is 3. The molecule has 2 rings (SSSR count). The number of nitrogens with zero attached hydrogens (tertiary/aromatic N) is 1. The van der Waals surface area contributed by atoms with Crippen molar-refractivity contribution in [1.29, 1.82) is 0 Å². The highest BCUT2D eigenvalue weighted by Crippen LogP contribution is 2.37. The first-order valence-electron chi connectivity index (χ1n) is 5.89. The lowest BCUT2D eigenvalue weighted by Gasteiger charge is -2.18. The van der Waals surface area contributed by atoms with E-state index in [0.29, 0.717) is 5.56 Å². The number of nitro benzene ring substituents is 1. The molecular weight excluding hydrogens is 287 g/mol. The van der Waals surface area contributed by atoms with E-state index in [1.165, 1.54) is 48.5 Å². The van der Waals surface area contributed by atoms with Crippen molar-refractivity contribution in [2.75, 3.05) is 0 Å². The molecule has 0 aliphatic heterocycles. The van der Waals surface area contributed by atoms with Crippen molar-refractivity contribution in [3.63, 3.8) is 0 Å². The van der Waals surface area contributed by atoms with E-state index >= 15 is 0 Å². The van der Waals surface area contributed by atoms with Gasteiger partial charge in [-0.3, -0.25) is 10.1 Å². The summed E-state index contributed by atoms with van der Waals surface area (Å²) in [7, 11) is 0. The number of alkyl halides is 3. The van der Waals surface area contributed by atoms with Gasteiger partial charge in [-0.15, -0.1) is 0 Å². The fraction of sp³-hybridized carbons (Fsp3) is 0.143. The van der Waals surface area contributed by atoms with Crippen LogP contribution in [-0.4, -0.2) is 16.2 Å². The van der Waals surface area contributed by atoms with Crippen molar-refractivity contribution < 1.29 is 23.2 Å². The molecule has 1 N–H and O–H groups in total. The number of hydrogen-bond acceptors (Lipinski definition) is 3. The van der Waals surface area contributed by atoms with Crippen molar-refractivity contribution in [2.24, 2.45) is 0 Å². The van der Waals surface area contributed by atoms with E-state index < -0.39 is 17.2 Å². The average Bonchev–Trinajstić information content (AvgIpc) is 2.45. The number of non-ortho nitro benzene ring substituents is 1. The molecule has 0 aromatic heterocycles. The van der Waals surface area contributed by atoms with Crippen LogP contribution in [0.15, 0.2) is 48.5 Å². The van der Waals surface area contributed by atoms with Crippen LogP contribution in [0.4, 0.5) is 18.9 Å².